The summed E-state index contributed by atoms with van der Waals surface area (Å²) in [5.41, 5.74) is 1.31. The van der Waals surface area contributed by atoms with E-state index >= 15 is 0 Å². The SMILES string of the molecule is CC(C)CC(NCc1ccc(Cl)o1)c1ccccc1. The maximum absolute atomic E-state index is 5.78. The number of rotatable bonds is 6. The van der Waals surface area contributed by atoms with Gasteiger partial charge in [0, 0.05) is 6.04 Å². The van der Waals surface area contributed by atoms with E-state index in [1.807, 2.05) is 12.1 Å². The molecule has 0 saturated carbocycles. The Bertz CT molecular complexity index is 492. The van der Waals surface area contributed by atoms with Gasteiger partial charge in [-0.3, -0.25) is 0 Å². The highest BCUT2D eigenvalue weighted by Gasteiger charge is 2.13. The Hall–Kier alpha value is -1.25. The van der Waals surface area contributed by atoms with E-state index < -0.39 is 0 Å². The summed E-state index contributed by atoms with van der Waals surface area (Å²) in [7, 11) is 0. The molecule has 2 nitrogen and oxygen atoms in total. The molecule has 1 aromatic carbocycles. The summed E-state index contributed by atoms with van der Waals surface area (Å²) in [4.78, 5) is 0. The summed E-state index contributed by atoms with van der Waals surface area (Å²) in [6.07, 6.45) is 1.10. The Morgan fingerprint density at radius 2 is 1.84 bits per heavy atom. The maximum atomic E-state index is 5.78. The Morgan fingerprint density at radius 1 is 1.11 bits per heavy atom. The average Bonchev–Trinajstić information content (AvgIpc) is 2.81. The quantitative estimate of drug-likeness (QED) is 0.820. The van der Waals surface area contributed by atoms with Crippen LogP contribution in [0.15, 0.2) is 46.9 Å². The molecule has 0 bridgehead atoms. The minimum Gasteiger partial charge on any atom is -0.448 e. The van der Waals surface area contributed by atoms with Crippen LogP contribution in [0.1, 0.15) is 37.6 Å². The predicted octanol–water partition coefficient (Wildman–Crippen LogP) is 4.81. The minimum atomic E-state index is 0.338. The van der Waals surface area contributed by atoms with E-state index in [2.05, 4.69) is 43.4 Å². The van der Waals surface area contributed by atoms with Gasteiger partial charge in [0.05, 0.1) is 6.54 Å². The second kappa shape index (κ2) is 6.78. The largest absolute Gasteiger partial charge is 0.448 e. The maximum Gasteiger partial charge on any atom is 0.193 e. The molecule has 1 atom stereocenters. The third kappa shape index (κ3) is 4.41. The molecule has 0 aliphatic rings. The molecule has 0 amide bonds. The lowest BCUT2D eigenvalue weighted by atomic mass is 9.97. The zero-order valence-electron chi connectivity index (χ0n) is 11.4. The Balaban J connectivity index is 2.02. The number of halogens is 1. The third-order valence-electron chi connectivity index (χ3n) is 3.06. The fraction of sp³-hybridized carbons (Fsp3) is 0.375. The predicted molar refractivity (Wildman–Crippen MR) is 79.2 cm³/mol. The lowest BCUT2D eigenvalue weighted by Gasteiger charge is -2.20. The van der Waals surface area contributed by atoms with Crippen molar-refractivity contribution in [3.8, 4) is 0 Å². The second-order valence-corrected chi connectivity index (χ2v) is 5.55. The first-order chi connectivity index (χ1) is 9.15. The van der Waals surface area contributed by atoms with Gasteiger partial charge in [-0.15, -0.1) is 0 Å². The molecule has 0 aliphatic carbocycles. The van der Waals surface area contributed by atoms with E-state index in [0.717, 1.165) is 12.2 Å². The Kier molecular flexibility index (Phi) is 5.06. The normalized spacial score (nSPS) is 12.8. The molecule has 0 aliphatic heterocycles. The van der Waals surface area contributed by atoms with Crippen molar-refractivity contribution in [3.05, 3.63) is 59.0 Å². The smallest absolute Gasteiger partial charge is 0.193 e. The Morgan fingerprint density at radius 3 is 2.42 bits per heavy atom. The van der Waals surface area contributed by atoms with Crippen LogP contribution in [-0.4, -0.2) is 0 Å². The Labute approximate surface area is 119 Å². The molecule has 3 heteroatoms. The van der Waals surface area contributed by atoms with Crippen molar-refractivity contribution in [1.29, 1.82) is 0 Å². The minimum absolute atomic E-state index is 0.338. The zero-order valence-corrected chi connectivity index (χ0v) is 12.2. The molecule has 2 rings (SSSR count). The van der Waals surface area contributed by atoms with Crippen molar-refractivity contribution >= 4 is 11.6 Å². The zero-order chi connectivity index (χ0) is 13.7. The fourth-order valence-electron chi connectivity index (χ4n) is 2.16. The summed E-state index contributed by atoms with van der Waals surface area (Å²) in [5.74, 6) is 1.51. The van der Waals surface area contributed by atoms with Gasteiger partial charge >= 0.3 is 0 Å². The number of furan rings is 1. The van der Waals surface area contributed by atoms with Gasteiger partial charge in [0.2, 0.25) is 0 Å². The van der Waals surface area contributed by atoms with Crippen molar-refractivity contribution in [1.82, 2.24) is 5.32 Å². The molecule has 2 aromatic rings. The average molecular weight is 278 g/mol. The van der Waals surface area contributed by atoms with Crippen molar-refractivity contribution in [2.75, 3.05) is 0 Å². The van der Waals surface area contributed by atoms with Crippen molar-refractivity contribution in [2.24, 2.45) is 5.92 Å². The standard InChI is InChI=1S/C16H20ClNO/c1-12(2)10-15(13-6-4-3-5-7-13)18-11-14-8-9-16(17)19-14/h3-9,12,15,18H,10-11H2,1-2H3. The summed E-state index contributed by atoms with van der Waals surface area (Å²) in [6.45, 7) is 5.17. The molecule has 19 heavy (non-hydrogen) atoms. The molecule has 102 valence electrons. The first kappa shape index (κ1) is 14.2. The van der Waals surface area contributed by atoms with Gasteiger partial charge in [0.1, 0.15) is 5.76 Å². The lowest BCUT2D eigenvalue weighted by molar-refractivity contribution is 0.400. The molecular formula is C16H20ClNO. The molecule has 0 radical (unpaired) electrons. The lowest BCUT2D eigenvalue weighted by Crippen LogP contribution is -2.22. The third-order valence-corrected chi connectivity index (χ3v) is 3.26. The van der Waals surface area contributed by atoms with Crippen LogP contribution >= 0.6 is 11.6 Å². The summed E-state index contributed by atoms with van der Waals surface area (Å²) in [6, 6.07) is 14.5. The highest BCUT2D eigenvalue weighted by molar-refractivity contribution is 6.28. The fourth-order valence-corrected chi connectivity index (χ4v) is 2.33. The molecule has 0 spiro atoms. The van der Waals surface area contributed by atoms with E-state index in [0.29, 0.717) is 23.7 Å². The number of hydrogen-bond acceptors (Lipinski definition) is 2. The molecule has 1 unspecified atom stereocenters. The van der Waals surface area contributed by atoms with Crippen LogP contribution in [0.3, 0.4) is 0 Å². The summed E-state index contributed by atoms with van der Waals surface area (Å²) in [5, 5.41) is 3.99. The molecule has 1 aromatic heterocycles. The summed E-state index contributed by atoms with van der Waals surface area (Å²) < 4.78 is 5.38. The van der Waals surface area contributed by atoms with Crippen molar-refractivity contribution in [2.45, 2.75) is 32.9 Å². The van der Waals surface area contributed by atoms with Crippen LogP contribution in [0.2, 0.25) is 5.22 Å². The number of benzene rings is 1. The van der Waals surface area contributed by atoms with Gasteiger partial charge in [-0.25, -0.2) is 0 Å². The molecular weight excluding hydrogens is 258 g/mol. The number of hydrogen-bond donors (Lipinski definition) is 1. The molecule has 1 N–H and O–H groups in total. The molecule has 0 fully saturated rings. The van der Waals surface area contributed by atoms with E-state index in [4.69, 9.17) is 16.0 Å². The van der Waals surface area contributed by atoms with Gasteiger partial charge in [-0.1, -0.05) is 44.2 Å². The first-order valence-corrected chi connectivity index (χ1v) is 7.05. The van der Waals surface area contributed by atoms with Crippen LogP contribution in [0.25, 0.3) is 0 Å². The van der Waals surface area contributed by atoms with Gasteiger partial charge in [0.15, 0.2) is 5.22 Å². The van der Waals surface area contributed by atoms with Crippen LogP contribution in [0.5, 0.6) is 0 Å². The van der Waals surface area contributed by atoms with Gasteiger partial charge < -0.3 is 9.73 Å². The van der Waals surface area contributed by atoms with Crippen LogP contribution in [-0.2, 0) is 6.54 Å². The van der Waals surface area contributed by atoms with Crippen LogP contribution < -0.4 is 5.32 Å². The summed E-state index contributed by atoms with van der Waals surface area (Å²) >= 11 is 5.78. The van der Waals surface area contributed by atoms with Crippen LogP contribution in [0, 0.1) is 5.92 Å². The number of nitrogens with one attached hydrogen (secondary N) is 1. The van der Waals surface area contributed by atoms with Crippen molar-refractivity contribution < 1.29 is 4.42 Å². The van der Waals surface area contributed by atoms with Gasteiger partial charge in [-0.05, 0) is 41.6 Å². The monoisotopic (exact) mass is 277 g/mol. The highest BCUT2D eigenvalue weighted by atomic mass is 35.5. The van der Waals surface area contributed by atoms with Gasteiger partial charge in [0.25, 0.3) is 0 Å². The van der Waals surface area contributed by atoms with E-state index in [9.17, 15) is 0 Å². The van der Waals surface area contributed by atoms with E-state index in [1.165, 1.54) is 5.56 Å². The van der Waals surface area contributed by atoms with E-state index in [1.54, 1.807) is 6.07 Å². The van der Waals surface area contributed by atoms with E-state index in [-0.39, 0.29) is 0 Å². The highest BCUT2D eigenvalue weighted by Crippen LogP contribution is 2.22. The molecule has 1 heterocycles. The van der Waals surface area contributed by atoms with Crippen LogP contribution in [0.4, 0.5) is 0 Å². The topological polar surface area (TPSA) is 25.2 Å². The van der Waals surface area contributed by atoms with Gasteiger partial charge in [-0.2, -0.15) is 0 Å². The molecule has 0 saturated heterocycles. The van der Waals surface area contributed by atoms with Crippen molar-refractivity contribution in [3.63, 3.8) is 0 Å². The second-order valence-electron chi connectivity index (χ2n) is 5.18. The first-order valence-electron chi connectivity index (χ1n) is 6.67.